The molecule has 1 fully saturated rings. The van der Waals surface area contributed by atoms with Crippen LogP contribution in [-0.2, 0) is 4.74 Å². The normalized spacial score (nSPS) is 15.4. The third kappa shape index (κ3) is 6.61. The van der Waals surface area contributed by atoms with E-state index in [1.807, 2.05) is 77.9 Å². The zero-order valence-electron chi connectivity index (χ0n) is 22.4. The molecule has 1 atom stereocenters. The zero-order valence-corrected chi connectivity index (χ0v) is 22.4. The summed E-state index contributed by atoms with van der Waals surface area (Å²) < 4.78 is 17.0. The monoisotopic (exact) mass is 530 g/mol. The van der Waals surface area contributed by atoms with Crippen LogP contribution in [0.25, 0.3) is 0 Å². The summed E-state index contributed by atoms with van der Waals surface area (Å²) in [5, 5.41) is 0. The van der Waals surface area contributed by atoms with Gasteiger partial charge in [0.25, 0.3) is 5.91 Å². The molecule has 6 nitrogen and oxygen atoms in total. The number of fused-ring (bicyclic) bond motifs is 2. The molecule has 0 saturated carbocycles. The Labute approximate surface area is 235 Å². The summed E-state index contributed by atoms with van der Waals surface area (Å²) in [6, 6.07) is 21.3. The molecule has 0 aromatic heterocycles. The molecule has 2 aliphatic rings. The molecule has 3 aromatic rings. The lowest BCUT2D eigenvalue weighted by Gasteiger charge is -2.20. The van der Waals surface area contributed by atoms with E-state index in [1.54, 1.807) is 19.2 Å². The molecule has 2 aliphatic heterocycles. The number of nitrogens with zero attached hydrogens (tertiary/aromatic N) is 2. The van der Waals surface area contributed by atoms with Crippen LogP contribution >= 0.6 is 0 Å². The van der Waals surface area contributed by atoms with Gasteiger partial charge >= 0.3 is 0 Å². The zero-order chi connectivity index (χ0) is 27.6. The van der Waals surface area contributed by atoms with E-state index >= 15 is 0 Å². The van der Waals surface area contributed by atoms with Gasteiger partial charge in [-0.2, -0.15) is 0 Å². The Morgan fingerprint density at radius 1 is 0.950 bits per heavy atom. The van der Waals surface area contributed by atoms with Gasteiger partial charge < -0.3 is 19.1 Å². The van der Waals surface area contributed by atoms with Crippen molar-refractivity contribution in [3.05, 3.63) is 101 Å². The Morgan fingerprint density at radius 2 is 1.73 bits per heavy atom. The van der Waals surface area contributed by atoms with E-state index < -0.39 is 0 Å². The fourth-order valence-electron chi connectivity index (χ4n) is 4.57. The number of carbonyl (C=O) groups excluding carboxylic acids is 1. The Kier molecular flexibility index (Phi) is 8.94. The first-order valence-corrected chi connectivity index (χ1v) is 13.3. The van der Waals surface area contributed by atoms with Gasteiger partial charge in [0, 0.05) is 35.5 Å². The number of carbonyl (C=O) groups is 1. The quantitative estimate of drug-likeness (QED) is 0.233. The highest BCUT2D eigenvalue weighted by atomic mass is 16.5. The van der Waals surface area contributed by atoms with Gasteiger partial charge in [0.05, 0.1) is 31.0 Å². The predicted molar refractivity (Wildman–Crippen MR) is 156 cm³/mol. The van der Waals surface area contributed by atoms with Crippen LogP contribution in [0.15, 0.2) is 83.9 Å². The van der Waals surface area contributed by atoms with Gasteiger partial charge in [-0.3, -0.25) is 9.79 Å². The molecule has 0 unspecified atom stereocenters. The van der Waals surface area contributed by atoms with E-state index in [-0.39, 0.29) is 11.9 Å². The molecule has 40 heavy (non-hydrogen) atoms. The molecule has 0 radical (unpaired) electrons. The van der Waals surface area contributed by atoms with Crippen LogP contribution in [0.5, 0.6) is 11.5 Å². The Balaban J connectivity index is 1.11. The van der Waals surface area contributed by atoms with Crippen molar-refractivity contribution in [1.29, 1.82) is 0 Å². The second-order valence-corrected chi connectivity index (χ2v) is 9.27. The summed E-state index contributed by atoms with van der Waals surface area (Å²) >= 11 is 0. The molecule has 1 amide bonds. The highest BCUT2D eigenvalue weighted by Gasteiger charge is 2.32. The molecular weight excluding hydrogens is 500 g/mol. The summed E-state index contributed by atoms with van der Waals surface area (Å²) in [4.78, 5) is 19.4. The van der Waals surface area contributed by atoms with E-state index in [0.717, 1.165) is 36.1 Å². The second-order valence-electron chi connectivity index (χ2n) is 9.27. The number of amides is 1. The Bertz CT molecular complexity index is 1540. The first-order valence-electron chi connectivity index (χ1n) is 13.3. The largest absolute Gasteiger partial charge is 0.493 e. The number of aliphatic imine (C=N–C) groups is 1. The van der Waals surface area contributed by atoms with Gasteiger partial charge in [-0.25, -0.2) is 0 Å². The van der Waals surface area contributed by atoms with Crippen molar-refractivity contribution in [3.63, 3.8) is 0 Å². The minimum absolute atomic E-state index is 0.0106. The van der Waals surface area contributed by atoms with Crippen LogP contribution in [0.3, 0.4) is 0 Å². The minimum atomic E-state index is -0.0106. The van der Waals surface area contributed by atoms with Gasteiger partial charge in [0.15, 0.2) is 11.5 Å². The maximum atomic E-state index is 13.0. The topological polar surface area (TPSA) is 60.4 Å². The first kappa shape index (κ1) is 26.8. The third-order valence-electron chi connectivity index (χ3n) is 6.61. The molecule has 5 rings (SSSR count). The number of rotatable bonds is 7. The molecule has 0 N–H and O–H groups in total. The third-order valence-corrected chi connectivity index (χ3v) is 6.61. The lowest BCUT2D eigenvalue weighted by molar-refractivity contribution is 0.0774. The lowest BCUT2D eigenvalue weighted by atomic mass is 10.1. The second kappa shape index (κ2) is 13.3. The van der Waals surface area contributed by atoms with Gasteiger partial charge in [-0.15, -0.1) is 0 Å². The van der Waals surface area contributed by atoms with E-state index in [1.165, 1.54) is 0 Å². The number of ether oxygens (including phenoxy) is 3. The number of methoxy groups -OCH3 is 1. The van der Waals surface area contributed by atoms with Crippen molar-refractivity contribution < 1.29 is 19.0 Å². The SMILES string of the molecule is COc1cc2c(cc1OC/C=C\COCC#Cc1ccccc1C#Cc1ccccc1)N=C[C@@H]1CCCN1C2=O. The highest BCUT2D eigenvalue weighted by Crippen LogP contribution is 2.38. The maximum Gasteiger partial charge on any atom is 0.256 e. The molecule has 0 spiro atoms. The first-order chi connectivity index (χ1) is 19.7. The van der Waals surface area contributed by atoms with Crippen LogP contribution in [0, 0.1) is 23.7 Å². The van der Waals surface area contributed by atoms with Crippen molar-refractivity contribution in [2.45, 2.75) is 18.9 Å². The smallest absolute Gasteiger partial charge is 0.256 e. The average molecular weight is 531 g/mol. The summed E-state index contributed by atoms with van der Waals surface area (Å²) in [6.07, 6.45) is 7.56. The van der Waals surface area contributed by atoms with Crippen molar-refractivity contribution in [3.8, 4) is 35.2 Å². The standard InChI is InChI=1S/C34H30N2O4/c1-38-32-23-30-31(35-25-29-16-9-19-36(29)34(30)37)24-33(32)40-22-8-7-20-39-21-10-15-27-13-5-6-14-28(27)18-17-26-11-3-2-4-12-26/h2-8,11-14,23-25,29H,9,16,19-22H2,1H3/b8-7-/t29-/m0/s1. The summed E-state index contributed by atoms with van der Waals surface area (Å²) in [5.41, 5.74) is 3.88. The van der Waals surface area contributed by atoms with Gasteiger partial charge in [0.1, 0.15) is 13.2 Å². The molecule has 2 heterocycles. The van der Waals surface area contributed by atoms with Crippen molar-refractivity contribution in [2.24, 2.45) is 4.99 Å². The highest BCUT2D eigenvalue weighted by molar-refractivity contribution is 6.03. The van der Waals surface area contributed by atoms with E-state index in [4.69, 9.17) is 14.2 Å². The fraction of sp³-hybridized carbons (Fsp3) is 0.235. The van der Waals surface area contributed by atoms with E-state index in [0.29, 0.717) is 42.6 Å². The molecule has 200 valence electrons. The molecule has 0 bridgehead atoms. The number of benzene rings is 3. The minimum Gasteiger partial charge on any atom is -0.493 e. The molecule has 0 aliphatic carbocycles. The van der Waals surface area contributed by atoms with Crippen LogP contribution < -0.4 is 9.47 Å². The number of hydrogen-bond donors (Lipinski definition) is 0. The molecule has 3 aromatic carbocycles. The summed E-state index contributed by atoms with van der Waals surface area (Å²) in [7, 11) is 1.57. The van der Waals surface area contributed by atoms with Crippen LogP contribution in [0.2, 0.25) is 0 Å². The molecular formula is C34H30N2O4. The van der Waals surface area contributed by atoms with Crippen molar-refractivity contribution >= 4 is 17.8 Å². The summed E-state index contributed by atoms with van der Waals surface area (Å²) in [5.74, 6) is 13.6. The maximum absolute atomic E-state index is 13.0. The summed E-state index contributed by atoms with van der Waals surface area (Å²) in [6.45, 7) is 1.79. The van der Waals surface area contributed by atoms with Gasteiger partial charge in [-0.05, 0) is 49.2 Å². The Hall–Kier alpha value is -4.78. The van der Waals surface area contributed by atoms with Gasteiger partial charge in [0.2, 0.25) is 0 Å². The van der Waals surface area contributed by atoms with Crippen molar-refractivity contribution in [2.75, 3.05) is 33.5 Å². The molecule has 1 saturated heterocycles. The Morgan fingerprint density at radius 3 is 2.55 bits per heavy atom. The van der Waals surface area contributed by atoms with E-state index in [2.05, 4.69) is 28.7 Å². The lowest BCUT2D eigenvalue weighted by Crippen LogP contribution is -2.35. The van der Waals surface area contributed by atoms with Crippen LogP contribution in [0.4, 0.5) is 5.69 Å². The van der Waals surface area contributed by atoms with Crippen molar-refractivity contribution in [1.82, 2.24) is 4.90 Å². The average Bonchev–Trinajstić information content (AvgIpc) is 3.43. The molecule has 6 heteroatoms. The van der Waals surface area contributed by atoms with E-state index in [9.17, 15) is 4.79 Å². The predicted octanol–water partition coefficient (Wildman–Crippen LogP) is 5.42. The van der Waals surface area contributed by atoms with Gasteiger partial charge in [-0.1, -0.05) is 60.1 Å². The van der Waals surface area contributed by atoms with Crippen LogP contribution in [0.1, 0.15) is 39.9 Å². The fourth-order valence-corrected chi connectivity index (χ4v) is 4.57. The number of hydrogen-bond acceptors (Lipinski definition) is 5. The van der Waals surface area contributed by atoms with Crippen LogP contribution in [-0.4, -0.2) is 56.5 Å².